The van der Waals surface area contributed by atoms with Crippen LogP contribution in [0.5, 0.6) is 5.75 Å². The number of aromatic hydroxyl groups is 1. The summed E-state index contributed by atoms with van der Waals surface area (Å²) in [4.78, 5) is 38.0. The van der Waals surface area contributed by atoms with E-state index in [0.29, 0.717) is 22.0 Å². The number of carbonyl (C=O) groups is 3. The van der Waals surface area contributed by atoms with E-state index >= 15 is 0 Å². The molecule has 2 aromatic rings. The van der Waals surface area contributed by atoms with Gasteiger partial charge in [-0.05, 0) is 67.5 Å². The minimum Gasteiger partial charge on any atom is -0.508 e. The minimum atomic E-state index is -0.959. The van der Waals surface area contributed by atoms with Crippen LogP contribution in [0.1, 0.15) is 46.6 Å². The molecule has 30 heavy (non-hydrogen) atoms. The van der Waals surface area contributed by atoms with Crippen molar-refractivity contribution in [3.8, 4) is 5.75 Å². The van der Waals surface area contributed by atoms with Crippen LogP contribution in [0.15, 0.2) is 29.4 Å². The summed E-state index contributed by atoms with van der Waals surface area (Å²) in [5, 5.41) is 15.9. The molecule has 0 bridgehead atoms. The monoisotopic (exact) mass is 429 g/mol. The Balaban J connectivity index is 1.71. The van der Waals surface area contributed by atoms with Crippen molar-refractivity contribution in [2.24, 2.45) is 11.0 Å². The molecule has 1 heterocycles. The summed E-state index contributed by atoms with van der Waals surface area (Å²) in [5.41, 5.74) is 4.04. The van der Waals surface area contributed by atoms with E-state index in [-0.39, 0.29) is 12.4 Å². The number of fused-ring (bicyclic) bond motifs is 1. The van der Waals surface area contributed by atoms with Crippen molar-refractivity contribution in [3.05, 3.63) is 45.8 Å². The predicted octanol–water partition coefficient (Wildman–Crippen LogP) is 2.84. The highest BCUT2D eigenvalue weighted by atomic mass is 32.1. The lowest BCUT2D eigenvalue weighted by atomic mass is 9.88. The minimum absolute atomic E-state index is 0.112. The molecule has 1 aromatic carbocycles. The van der Waals surface area contributed by atoms with Crippen molar-refractivity contribution in [3.63, 3.8) is 0 Å². The number of phenols is 1. The van der Waals surface area contributed by atoms with Crippen LogP contribution in [-0.2, 0) is 27.2 Å². The van der Waals surface area contributed by atoms with Gasteiger partial charge in [0.05, 0.1) is 18.4 Å². The average molecular weight is 429 g/mol. The molecule has 0 saturated heterocycles. The number of carbonyl (C=O) groups excluding carboxylic acids is 3. The van der Waals surface area contributed by atoms with Crippen molar-refractivity contribution < 1.29 is 24.2 Å². The first-order valence-corrected chi connectivity index (χ1v) is 10.5. The fourth-order valence-electron chi connectivity index (χ4n) is 3.19. The highest BCUT2D eigenvalue weighted by molar-refractivity contribution is 7.17. The molecule has 0 fully saturated rings. The van der Waals surface area contributed by atoms with Crippen LogP contribution in [-0.4, -0.2) is 35.7 Å². The summed E-state index contributed by atoms with van der Waals surface area (Å²) in [6.45, 7) is 4.08. The van der Waals surface area contributed by atoms with E-state index in [0.717, 1.165) is 29.7 Å². The van der Waals surface area contributed by atoms with Gasteiger partial charge in [0, 0.05) is 4.88 Å². The molecule has 1 aliphatic rings. The van der Waals surface area contributed by atoms with Gasteiger partial charge >= 0.3 is 17.8 Å². The third-order valence-corrected chi connectivity index (χ3v) is 5.87. The number of nitrogens with zero attached hydrogens (tertiary/aromatic N) is 1. The van der Waals surface area contributed by atoms with Gasteiger partial charge in [-0.15, -0.1) is 11.3 Å². The second kappa shape index (κ2) is 9.53. The Bertz CT molecular complexity index is 981. The molecule has 2 amide bonds. The van der Waals surface area contributed by atoms with Gasteiger partial charge in [0.25, 0.3) is 0 Å². The van der Waals surface area contributed by atoms with E-state index in [2.05, 4.69) is 22.8 Å². The zero-order valence-corrected chi connectivity index (χ0v) is 17.5. The van der Waals surface area contributed by atoms with Gasteiger partial charge in [-0.1, -0.05) is 6.92 Å². The first kappa shape index (κ1) is 21.5. The van der Waals surface area contributed by atoms with Gasteiger partial charge in [-0.25, -0.2) is 10.2 Å². The summed E-state index contributed by atoms with van der Waals surface area (Å²) in [5.74, 6) is -1.77. The van der Waals surface area contributed by atoms with Crippen molar-refractivity contribution in [1.82, 2.24) is 5.43 Å². The molecule has 1 aromatic heterocycles. The van der Waals surface area contributed by atoms with Crippen LogP contribution in [0.4, 0.5) is 5.00 Å². The lowest BCUT2D eigenvalue weighted by molar-refractivity contribution is -0.136. The number of hydrogen-bond donors (Lipinski definition) is 3. The maximum Gasteiger partial charge on any atom is 0.341 e. The molecule has 0 spiro atoms. The molecule has 0 unspecified atom stereocenters. The highest BCUT2D eigenvalue weighted by Gasteiger charge is 2.30. The molecule has 0 aliphatic heterocycles. The molecule has 0 radical (unpaired) electrons. The van der Waals surface area contributed by atoms with Crippen LogP contribution < -0.4 is 10.7 Å². The van der Waals surface area contributed by atoms with Crippen molar-refractivity contribution in [1.29, 1.82) is 0 Å². The summed E-state index contributed by atoms with van der Waals surface area (Å²) in [6.07, 6.45) is 3.86. The number of amides is 2. The summed E-state index contributed by atoms with van der Waals surface area (Å²) in [7, 11) is 0. The average Bonchev–Trinajstić information content (AvgIpc) is 3.06. The van der Waals surface area contributed by atoms with Crippen LogP contribution in [0.3, 0.4) is 0 Å². The van der Waals surface area contributed by atoms with Gasteiger partial charge in [-0.3, -0.25) is 9.59 Å². The summed E-state index contributed by atoms with van der Waals surface area (Å²) < 4.78 is 5.16. The quantitative estimate of drug-likeness (QED) is 0.292. The zero-order valence-electron chi connectivity index (χ0n) is 16.7. The van der Waals surface area contributed by atoms with Crippen LogP contribution in [0.25, 0.3) is 0 Å². The molecular formula is C21H23N3O5S. The number of rotatable bonds is 5. The second-order valence-corrected chi connectivity index (χ2v) is 8.13. The highest BCUT2D eigenvalue weighted by Crippen LogP contribution is 2.40. The van der Waals surface area contributed by atoms with Gasteiger partial charge in [0.15, 0.2) is 0 Å². The molecule has 8 nitrogen and oxygen atoms in total. The molecule has 3 N–H and O–H groups in total. The lowest BCUT2D eigenvalue weighted by Gasteiger charge is -2.18. The normalized spacial score (nSPS) is 15.5. The van der Waals surface area contributed by atoms with E-state index in [1.807, 2.05) is 0 Å². The Hall–Kier alpha value is -3.20. The van der Waals surface area contributed by atoms with Crippen LogP contribution >= 0.6 is 11.3 Å². The van der Waals surface area contributed by atoms with Gasteiger partial charge in [-0.2, -0.15) is 5.10 Å². The molecule has 1 aliphatic carbocycles. The van der Waals surface area contributed by atoms with Crippen molar-refractivity contribution in [2.45, 2.75) is 33.1 Å². The number of hydrogen-bond acceptors (Lipinski definition) is 7. The fraction of sp³-hybridized carbons (Fsp3) is 0.333. The molecule has 1 atom stereocenters. The van der Waals surface area contributed by atoms with E-state index in [9.17, 15) is 19.5 Å². The van der Waals surface area contributed by atoms with E-state index in [4.69, 9.17) is 4.74 Å². The van der Waals surface area contributed by atoms with Crippen molar-refractivity contribution >= 4 is 40.3 Å². The second-order valence-electron chi connectivity index (χ2n) is 7.02. The number of hydrazone groups is 1. The number of anilines is 1. The van der Waals surface area contributed by atoms with Crippen LogP contribution in [0.2, 0.25) is 0 Å². The molecule has 3 rings (SSSR count). The largest absolute Gasteiger partial charge is 0.508 e. The predicted molar refractivity (Wildman–Crippen MR) is 114 cm³/mol. The maximum absolute atomic E-state index is 12.5. The number of benzene rings is 1. The number of esters is 1. The molecular weight excluding hydrogens is 406 g/mol. The number of nitrogens with one attached hydrogen (secondary N) is 2. The molecule has 0 saturated carbocycles. The van der Waals surface area contributed by atoms with Gasteiger partial charge in [0.2, 0.25) is 0 Å². The Morgan fingerprint density at radius 3 is 2.70 bits per heavy atom. The standard InChI is InChI=1S/C21H23N3O5S/c1-3-29-21(28)17-15-9-4-12(2)10-16(15)30-20(17)23-18(26)19(27)24-22-11-13-5-7-14(25)8-6-13/h5-8,11-12,25H,3-4,9-10H2,1-2H3,(H,23,26)(H,24,27)/b22-11-/t12-/m0/s1. The summed E-state index contributed by atoms with van der Waals surface area (Å²) >= 11 is 1.31. The first-order valence-electron chi connectivity index (χ1n) is 9.64. The number of ether oxygens (including phenoxy) is 1. The Morgan fingerprint density at radius 2 is 2.00 bits per heavy atom. The number of thiophene rings is 1. The smallest absolute Gasteiger partial charge is 0.341 e. The fourth-order valence-corrected chi connectivity index (χ4v) is 4.59. The zero-order chi connectivity index (χ0) is 21.7. The van der Waals surface area contributed by atoms with Gasteiger partial charge < -0.3 is 15.2 Å². The Morgan fingerprint density at radius 1 is 1.27 bits per heavy atom. The third-order valence-electron chi connectivity index (χ3n) is 4.70. The molecule has 9 heteroatoms. The molecule has 158 valence electrons. The maximum atomic E-state index is 12.5. The first-order chi connectivity index (χ1) is 14.4. The van der Waals surface area contributed by atoms with Gasteiger partial charge in [0.1, 0.15) is 10.8 Å². The third kappa shape index (κ3) is 5.04. The van der Waals surface area contributed by atoms with Crippen molar-refractivity contribution in [2.75, 3.05) is 11.9 Å². The van der Waals surface area contributed by atoms with E-state index in [1.165, 1.54) is 29.7 Å². The Kier molecular flexibility index (Phi) is 6.83. The lowest BCUT2D eigenvalue weighted by Crippen LogP contribution is -2.32. The van der Waals surface area contributed by atoms with E-state index < -0.39 is 17.8 Å². The van der Waals surface area contributed by atoms with E-state index in [1.54, 1.807) is 19.1 Å². The topological polar surface area (TPSA) is 117 Å². The van der Waals surface area contributed by atoms with Crippen LogP contribution in [0, 0.1) is 5.92 Å². The number of phenolic OH excluding ortho intramolecular Hbond substituents is 1. The Labute approximate surface area is 177 Å². The SMILES string of the molecule is CCOC(=O)c1c(NC(=O)C(=O)N/N=C\c2ccc(O)cc2)sc2c1CC[C@H](C)C2. The summed E-state index contributed by atoms with van der Waals surface area (Å²) in [6, 6.07) is 6.17.